The molecule has 1 aliphatic rings. The summed E-state index contributed by atoms with van der Waals surface area (Å²) < 4.78 is 0. The maximum atomic E-state index is 12.3. The zero-order valence-corrected chi connectivity index (χ0v) is 22.0. The largest absolute Gasteiger partial charge is 2.00 e. The summed E-state index contributed by atoms with van der Waals surface area (Å²) in [5, 5.41) is 12.1. The summed E-state index contributed by atoms with van der Waals surface area (Å²) in [6, 6.07) is 7.86. The van der Waals surface area contributed by atoms with Crippen LogP contribution in [-0.2, 0) is 53.5 Å². The topological polar surface area (TPSA) is 106 Å². The molecular weight excluding hydrogens is 520 g/mol. The van der Waals surface area contributed by atoms with E-state index in [0.717, 1.165) is 16.7 Å². The van der Waals surface area contributed by atoms with Gasteiger partial charge in [-0.25, -0.2) is 0 Å². The SMILES string of the molecule is CN=C([S-])N/N=C(\C(C)=N\NC([S-])=NC)c1ccc(CCNC(=O)C2=CN(C)C=CC2)cc1.[Cu+2]. The number of amides is 1. The molecule has 1 aromatic rings. The van der Waals surface area contributed by atoms with Crippen molar-refractivity contribution < 1.29 is 21.9 Å². The van der Waals surface area contributed by atoms with Crippen LogP contribution in [0.3, 0.4) is 0 Å². The number of nitrogens with one attached hydrogen (secondary N) is 3. The molecule has 0 fully saturated rings. The molecule has 1 heterocycles. The number of nitrogens with zero attached hydrogens (tertiary/aromatic N) is 5. The Balaban J connectivity index is 0.00000578. The van der Waals surface area contributed by atoms with Gasteiger partial charge in [-0.05, 0) is 41.9 Å². The molecule has 1 aromatic carbocycles. The van der Waals surface area contributed by atoms with Gasteiger partial charge in [-0.15, -0.1) is 0 Å². The Bertz CT molecular complexity index is 1020. The normalized spacial score (nSPS) is 14.8. The van der Waals surface area contributed by atoms with Crippen LogP contribution in [-0.4, -0.2) is 60.3 Å². The van der Waals surface area contributed by atoms with Gasteiger partial charge < -0.3 is 35.5 Å². The third-order valence-corrected chi connectivity index (χ3v) is 5.14. The van der Waals surface area contributed by atoms with Crippen LogP contribution in [0.5, 0.6) is 0 Å². The van der Waals surface area contributed by atoms with E-state index in [0.29, 0.717) is 30.8 Å². The molecule has 0 aromatic heterocycles. The summed E-state index contributed by atoms with van der Waals surface area (Å²) in [6.45, 7) is 2.34. The number of rotatable bonds is 8. The van der Waals surface area contributed by atoms with E-state index in [1.807, 2.05) is 54.7 Å². The maximum Gasteiger partial charge on any atom is 2.00 e. The van der Waals surface area contributed by atoms with Crippen LogP contribution in [0.4, 0.5) is 0 Å². The van der Waals surface area contributed by atoms with Crippen LogP contribution in [0, 0.1) is 0 Å². The van der Waals surface area contributed by atoms with Gasteiger partial charge in [0.1, 0.15) is 5.71 Å². The van der Waals surface area contributed by atoms with Crippen molar-refractivity contribution >= 4 is 52.9 Å². The second kappa shape index (κ2) is 15.2. The third kappa shape index (κ3) is 9.60. The zero-order valence-electron chi connectivity index (χ0n) is 19.4. The molecule has 185 valence electrons. The Labute approximate surface area is 222 Å². The number of carbonyl (C=O) groups is 1. The molecule has 0 aliphatic carbocycles. The Kier molecular flexibility index (Phi) is 13.1. The summed E-state index contributed by atoms with van der Waals surface area (Å²) >= 11 is 10.1. The van der Waals surface area contributed by atoms with E-state index in [9.17, 15) is 4.79 Å². The van der Waals surface area contributed by atoms with Crippen molar-refractivity contribution in [2.75, 3.05) is 27.7 Å². The number of allylic oxidation sites excluding steroid dienone is 1. The predicted octanol–water partition coefficient (Wildman–Crippen LogP) is 1.40. The van der Waals surface area contributed by atoms with Crippen LogP contribution < -0.4 is 16.2 Å². The van der Waals surface area contributed by atoms with Crippen molar-refractivity contribution in [1.82, 2.24) is 21.1 Å². The molecule has 34 heavy (non-hydrogen) atoms. The Hall–Kier alpha value is -2.79. The average molecular weight is 548 g/mol. The number of hydrogen-bond donors (Lipinski definition) is 3. The van der Waals surface area contributed by atoms with Gasteiger partial charge in [-0.1, -0.05) is 30.3 Å². The van der Waals surface area contributed by atoms with Gasteiger partial charge in [-0.3, -0.25) is 25.6 Å². The van der Waals surface area contributed by atoms with E-state index in [-0.39, 0.29) is 33.3 Å². The van der Waals surface area contributed by atoms with Crippen molar-refractivity contribution in [2.24, 2.45) is 20.2 Å². The Morgan fingerprint density at radius 2 is 1.68 bits per heavy atom. The minimum Gasteiger partial charge on any atom is -0.741 e. The van der Waals surface area contributed by atoms with Crippen molar-refractivity contribution in [2.45, 2.75) is 19.8 Å². The number of amidine groups is 2. The van der Waals surface area contributed by atoms with Crippen molar-refractivity contribution in [3.8, 4) is 0 Å². The summed E-state index contributed by atoms with van der Waals surface area (Å²) in [5.41, 5.74) is 9.27. The molecule has 1 aliphatic heterocycles. The molecular formula is C22H28CuN8OS2. The predicted molar refractivity (Wildman–Crippen MR) is 140 cm³/mol. The molecule has 1 radical (unpaired) electrons. The first kappa shape index (κ1) is 29.2. The van der Waals surface area contributed by atoms with E-state index in [1.54, 1.807) is 21.0 Å². The second-order valence-corrected chi connectivity index (χ2v) is 7.82. The van der Waals surface area contributed by atoms with Gasteiger partial charge in [-0.2, -0.15) is 10.2 Å². The van der Waals surface area contributed by atoms with E-state index < -0.39 is 0 Å². The molecule has 0 saturated carbocycles. The fourth-order valence-electron chi connectivity index (χ4n) is 2.84. The summed E-state index contributed by atoms with van der Waals surface area (Å²) in [6.07, 6.45) is 7.09. The van der Waals surface area contributed by atoms with Gasteiger partial charge >= 0.3 is 17.1 Å². The Morgan fingerprint density at radius 1 is 1.06 bits per heavy atom. The molecule has 0 unspecified atom stereocenters. The van der Waals surface area contributed by atoms with Crippen LogP contribution in [0.15, 0.2) is 68.5 Å². The monoisotopic (exact) mass is 547 g/mol. The second-order valence-electron chi connectivity index (χ2n) is 7.05. The average Bonchev–Trinajstić information content (AvgIpc) is 2.83. The van der Waals surface area contributed by atoms with Crippen molar-refractivity contribution in [1.29, 1.82) is 0 Å². The molecule has 0 bridgehead atoms. The fraction of sp³-hybridized carbons (Fsp3) is 0.318. The molecule has 0 atom stereocenters. The Morgan fingerprint density at radius 3 is 2.26 bits per heavy atom. The first-order valence-electron chi connectivity index (χ1n) is 10.2. The quantitative estimate of drug-likeness (QED) is 0.149. The smallest absolute Gasteiger partial charge is 0.741 e. The first-order valence-corrected chi connectivity index (χ1v) is 11.0. The van der Waals surface area contributed by atoms with Gasteiger partial charge in [0.2, 0.25) is 5.91 Å². The number of benzene rings is 1. The van der Waals surface area contributed by atoms with Gasteiger partial charge in [0.05, 0.1) is 5.71 Å². The number of carbonyl (C=O) groups excluding carboxylic acids is 1. The standard InChI is InChI=1S/C22H30N8OS2.Cu/c1-15(26-28-21(32)23-2)19(27-29-22(33)24-3)17-9-7-16(8-10-17)11-12-25-20(31)18-6-5-13-30(4)14-18;/h5,7-10,13-14H,6,11-12H2,1-4H3,(H,25,31)(H2,23,28,32)(H2,24,29,33);/q;+2/p-2/b26-15+,27-19+;. The fourth-order valence-corrected chi connectivity index (χ4v) is 2.94. The molecule has 0 spiro atoms. The van der Waals surface area contributed by atoms with E-state index >= 15 is 0 Å². The van der Waals surface area contributed by atoms with Crippen molar-refractivity contribution in [3.63, 3.8) is 0 Å². The third-order valence-electron chi connectivity index (χ3n) is 4.59. The minimum atomic E-state index is -0.0447. The summed E-state index contributed by atoms with van der Waals surface area (Å²) in [4.78, 5) is 21.9. The molecule has 0 saturated heterocycles. The number of aliphatic imine (C=N–C) groups is 2. The van der Waals surface area contributed by atoms with E-state index in [2.05, 4.69) is 36.4 Å². The van der Waals surface area contributed by atoms with Crippen molar-refractivity contribution in [3.05, 3.63) is 59.4 Å². The van der Waals surface area contributed by atoms with Crippen LogP contribution >= 0.6 is 0 Å². The number of hydrogen-bond acceptors (Lipinski definition) is 8. The van der Waals surface area contributed by atoms with E-state index in [4.69, 9.17) is 25.3 Å². The van der Waals surface area contributed by atoms with Gasteiger partial charge in [0.15, 0.2) is 0 Å². The minimum absolute atomic E-state index is 0. The molecule has 12 heteroatoms. The van der Waals surface area contributed by atoms with E-state index in [1.165, 1.54) is 0 Å². The molecule has 1 amide bonds. The zero-order chi connectivity index (χ0) is 24.2. The molecule has 3 N–H and O–H groups in total. The van der Waals surface area contributed by atoms with Crippen LogP contribution in [0.25, 0.3) is 0 Å². The molecule has 2 rings (SSSR count). The van der Waals surface area contributed by atoms with Gasteiger partial charge in [0.25, 0.3) is 0 Å². The van der Waals surface area contributed by atoms with Crippen LogP contribution in [0.1, 0.15) is 24.5 Å². The van der Waals surface area contributed by atoms with Gasteiger partial charge in [0, 0.05) is 45.0 Å². The summed E-state index contributed by atoms with van der Waals surface area (Å²) in [5.74, 6) is -0.0447. The van der Waals surface area contributed by atoms with Crippen LogP contribution in [0.2, 0.25) is 0 Å². The maximum absolute atomic E-state index is 12.3. The number of hydrazone groups is 2. The molecule has 9 nitrogen and oxygen atoms in total. The summed E-state index contributed by atoms with van der Waals surface area (Å²) in [7, 11) is 5.07. The first-order chi connectivity index (χ1) is 15.8.